The number of amides is 1. The molecule has 2 aromatic heterocycles. The smallest absolute Gasteiger partial charge is 0.272 e. The van der Waals surface area contributed by atoms with Crippen molar-refractivity contribution in [3.05, 3.63) is 29.2 Å². The Labute approximate surface area is 148 Å². The Hall–Kier alpha value is -2.18. The van der Waals surface area contributed by atoms with Crippen LogP contribution in [0.4, 0.5) is 0 Å². The molecule has 1 atom stereocenters. The molecule has 3 rings (SSSR count). The molecule has 0 aliphatic carbocycles. The maximum Gasteiger partial charge on any atom is 0.272 e. The van der Waals surface area contributed by atoms with Crippen LogP contribution in [0, 0.1) is 5.92 Å². The number of aromatic nitrogens is 4. The Morgan fingerprint density at radius 3 is 2.84 bits per heavy atom. The number of carbonyl (C=O) groups excluding carboxylic acids is 1. The normalized spacial score (nSPS) is 17.6. The molecule has 0 N–H and O–H groups in total. The minimum Gasteiger partial charge on any atom is -0.337 e. The largest absolute Gasteiger partial charge is 0.337 e. The lowest BCUT2D eigenvalue weighted by atomic mass is 10.1. The minimum absolute atomic E-state index is 0.00287. The van der Waals surface area contributed by atoms with Gasteiger partial charge >= 0.3 is 0 Å². The number of hydrogen-bond acceptors (Lipinski definition) is 5. The number of likely N-dealkylation sites (tertiary alicyclic amines) is 1. The Morgan fingerprint density at radius 2 is 2.20 bits per heavy atom. The minimum atomic E-state index is -0.131. The fourth-order valence-electron chi connectivity index (χ4n) is 3.36. The van der Waals surface area contributed by atoms with E-state index in [2.05, 4.69) is 29.1 Å². The van der Waals surface area contributed by atoms with Gasteiger partial charge in [-0.15, -0.1) is 0 Å². The van der Waals surface area contributed by atoms with E-state index < -0.39 is 0 Å². The van der Waals surface area contributed by atoms with Crippen LogP contribution in [0.1, 0.15) is 74.5 Å². The third-order valence-electron chi connectivity index (χ3n) is 4.57. The summed E-state index contributed by atoms with van der Waals surface area (Å²) in [6.45, 7) is 9.70. The lowest BCUT2D eigenvalue weighted by Crippen LogP contribution is -2.32. The van der Waals surface area contributed by atoms with Gasteiger partial charge in [0.1, 0.15) is 11.7 Å². The molecule has 0 spiro atoms. The van der Waals surface area contributed by atoms with Crippen molar-refractivity contribution in [1.82, 2.24) is 24.8 Å². The summed E-state index contributed by atoms with van der Waals surface area (Å²) in [6.07, 6.45) is 3.40. The fraction of sp³-hybridized carbons (Fsp3) is 0.667. The van der Waals surface area contributed by atoms with Crippen LogP contribution in [0.15, 0.2) is 10.6 Å². The third-order valence-corrected chi connectivity index (χ3v) is 4.57. The first-order valence-electron chi connectivity index (χ1n) is 9.23. The summed E-state index contributed by atoms with van der Waals surface area (Å²) in [6, 6.07) is 1.81. The second-order valence-electron chi connectivity index (χ2n) is 6.99. The molecule has 1 aliphatic rings. The number of rotatable bonds is 6. The Morgan fingerprint density at radius 1 is 1.40 bits per heavy atom. The number of hydrogen-bond donors (Lipinski definition) is 0. The summed E-state index contributed by atoms with van der Waals surface area (Å²) >= 11 is 0. The van der Waals surface area contributed by atoms with Gasteiger partial charge in [-0.1, -0.05) is 25.9 Å². The van der Waals surface area contributed by atoms with Gasteiger partial charge < -0.3 is 9.42 Å². The molecule has 3 heterocycles. The molecule has 25 heavy (non-hydrogen) atoms. The predicted octanol–water partition coefficient (Wildman–Crippen LogP) is 3.02. The van der Waals surface area contributed by atoms with E-state index in [1.165, 1.54) is 0 Å². The summed E-state index contributed by atoms with van der Waals surface area (Å²) in [5.74, 6) is 1.75. The van der Waals surface area contributed by atoms with Crippen molar-refractivity contribution < 1.29 is 9.32 Å². The predicted molar refractivity (Wildman–Crippen MR) is 93.1 cm³/mol. The van der Waals surface area contributed by atoms with E-state index in [1.54, 1.807) is 4.68 Å². The summed E-state index contributed by atoms with van der Waals surface area (Å²) in [5.41, 5.74) is 1.63. The Balaban J connectivity index is 1.85. The van der Waals surface area contributed by atoms with Gasteiger partial charge in [-0.3, -0.25) is 9.48 Å². The standard InChI is InChI=1S/C18H27N5O2/c1-5-16-19-17(25-21-16)14-8-7-9-22(14)18(24)15-11-13(10-12(3)4)20-23(15)6-2/h11-12,14H,5-10H2,1-4H3. The molecule has 7 heteroatoms. The van der Waals surface area contributed by atoms with Crippen molar-refractivity contribution in [1.29, 1.82) is 0 Å². The van der Waals surface area contributed by atoms with Gasteiger partial charge in [0.2, 0.25) is 5.89 Å². The van der Waals surface area contributed by atoms with Crippen LogP contribution < -0.4 is 0 Å². The first kappa shape index (κ1) is 17.6. The third kappa shape index (κ3) is 3.60. The van der Waals surface area contributed by atoms with Crippen molar-refractivity contribution in [2.75, 3.05) is 6.54 Å². The zero-order valence-corrected chi connectivity index (χ0v) is 15.5. The van der Waals surface area contributed by atoms with Crippen LogP contribution in [-0.4, -0.2) is 37.3 Å². The van der Waals surface area contributed by atoms with Crippen molar-refractivity contribution in [2.24, 2.45) is 5.92 Å². The Kier molecular flexibility index (Phi) is 5.20. The average molecular weight is 345 g/mol. The van der Waals surface area contributed by atoms with Crippen LogP contribution in [0.5, 0.6) is 0 Å². The molecular formula is C18H27N5O2. The topological polar surface area (TPSA) is 77.0 Å². The first-order chi connectivity index (χ1) is 12.0. The molecular weight excluding hydrogens is 318 g/mol. The number of nitrogens with zero attached hydrogens (tertiary/aromatic N) is 5. The van der Waals surface area contributed by atoms with Crippen molar-refractivity contribution in [3.63, 3.8) is 0 Å². The van der Waals surface area contributed by atoms with Gasteiger partial charge in [-0.2, -0.15) is 10.1 Å². The molecule has 1 unspecified atom stereocenters. The van der Waals surface area contributed by atoms with Gasteiger partial charge in [-0.05, 0) is 38.2 Å². The molecule has 1 saturated heterocycles. The lowest BCUT2D eigenvalue weighted by Gasteiger charge is -2.22. The highest BCUT2D eigenvalue weighted by atomic mass is 16.5. The first-order valence-corrected chi connectivity index (χ1v) is 9.23. The van der Waals surface area contributed by atoms with Crippen LogP contribution in [0.25, 0.3) is 0 Å². The Bertz CT molecular complexity index is 734. The van der Waals surface area contributed by atoms with Crippen LogP contribution >= 0.6 is 0 Å². The molecule has 1 aliphatic heterocycles. The molecule has 1 amide bonds. The van der Waals surface area contributed by atoms with Gasteiger partial charge in [0.15, 0.2) is 5.82 Å². The van der Waals surface area contributed by atoms with Gasteiger partial charge in [-0.25, -0.2) is 0 Å². The van der Waals surface area contributed by atoms with Crippen molar-refractivity contribution in [3.8, 4) is 0 Å². The number of carbonyl (C=O) groups is 1. The number of aryl methyl sites for hydroxylation is 2. The summed E-state index contributed by atoms with van der Waals surface area (Å²) in [7, 11) is 0. The molecule has 7 nitrogen and oxygen atoms in total. The maximum atomic E-state index is 13.2. The zero-order valence-electron chi connectivity index (χ0n) is 15.5. The highest BCUT2D eigenvalue weighted by molar-refractivity contribution is 5.93. The zero-order chi connectivity index (χ0) is 18.0. The maximum absolute atomic E-state index is 13.2. The lowest BCUT2D eigenvalue weighted by molar-refractivity contribution is 0.0697. The quantitative estimate of drug-likeness (QED) is 0.804. The van der Waals surface area contributed by atoms with Crippen LogP contribution in [0.2, 0.25) is 0 Å². The van der Waals surface area contributed by atoms with Gasteiger partial charge in [0, 0.05) is 19.5 Å². The highest BCUT2D eigenvalue weighted by Gasteiger charge is 2.35. The second-order valence-corrected chi connectivity index (χ2v) is 6.99. The molecule has 2 aromatic rings. The van der Waals surface area contributed by atoms with E-state index >= 15 is 0 Å². The van der Waals surface area contributed by atoms with Crippen LogP contribution in [-0.2, 0) is 19.4 Å². The molecule has 0 aromatic carbocycles. The van der Waals surface area contributed by atoms with E-state index in [0.717, 1.165) is 31.4 Å². The van der Waals surface area contributed by atoms with E-state index in [9.17, 15) is 4.79 Å². The second kappa shape index (κ2) is 7.37. The van der Waals surface area contributed by atoms with E-state index in [4.69, 9.17) is 4.52 Å². The fourth-order valence-corrected chi connectivity index (χ4v) is 3.36. The summed E-state index contributed by atoms with van der Waals surface area (Å²) in [5, 5.41) is 8.57. The van der Waals surface area contributed by atoms with Crippen molar-refractivity contribution >= 4 is 5.91 Å². The average Bonchev–Trinajstić information content (AvgIpc) is 3.31. The summed E-state index contributed by atoms with van der Waals surface area (Å²) < 4.78 is 7.20. The van der Waals surface area contributed by atoms with E-state index in [0.29, 0.717) is 36.4 Å². The monoisotopic (exact) mass is 345 g/mol. The highest BCUT2D eigenvalue weighted by Crippen LogP contribution is 2.32. The van der Waals surface area contributed by atoms with Crippen LogP contribution in [0.3, 0.4) is 0 Å². The molecule has 0 bridgehead atoms. The molecule has 0 saturated carbocycles. The molecule has 1 fully saturated rings. The summed E-state index contributed by atoms with van der Waals surface area (Å²) in [4.78, 5) is 19.4. The van der Waals surface area contributed by atoms with Crippen molar-refractivity contribution in [2.45, 2.75) is 66.0 Å². The van der Waals surface area contributed by atoms with Gasteiger partial charge in [0.05, 0.1) is 5.69 Å². The van der Waals surface area contributed by atoms with E-state index in [1.807, 2.05) is 24.8 Å². The molecule has 0 radical (unpaired) electrons. The molecule has 136 valence electrons. The van der Waals surface area contributed by atoms with E-state index in [-0.39, 0.29) is 11.9 Å². The van der Waals surface area contributed by atoms with Gasteiger partial charge in [0.25, 0.3) is 5.91 Å². The SMILES string of the molecule is CCc1noc(C2CCCN2C(=O)c2cc(CC(C)C)nn2CC)n1.